The lowest BCUT2D eigenvalue weighted by Crippen LogP contribution is -2.23. The van der Waals surface area contributed by atoms with Gasteiger partial charge in [-0.15, -0.1) is 11.3 Å². The van der Waals surface area contributed by atoms with Crippen LogP contribution in [0.1, 0.15) is 26.4 Å². The summed E-state index contributed by atoms with van der Waals surface area (Å²) in [5.41, 5.74) is 1.84. The first-order valence-corrected chi connectivity index (χ1v) is 7.93. The molecule has 0 unspecified atom stereocenters. The minimum absolute atomic E-state index is 0.263. The molecule has 8 heteroatoms. The van der Waals surface area contributed by atoms with E-state index in [1.807, 2.05) is 0 Å². The maximum absolute atomic E-state index is 12.1. The van der Waals surface area contributed by atoms with E-state index in [4.69, 9.17) is 0 Å². The summed E-state index contributed by atoms with van der Waals surface area (Å²) in [6, 6.07) is 8.73. The minimum Gasteiger partial charge on any atom is -0.347 e. The molecule has 0 aliphatic rings. The van der Waals surface area contributed by atoms with E-state index in [-0.39, 0.29) is 5.91 Å². The van der Waals surface area contributed by atoms with Gasteiger partial charge in [-0.3, -0.25) is 9.59 Å². The quantitative estimate of drug-likeness (QED) is 0.670. The third kappa shape index (κ3) is 3.99. The van der Waals surface area contributed by atoms with Crippen LogP contribution in [-0.2, 0) is 6.54 Å². The molecule has 1 amide bonds. The van der Waals surface area contributed by atoms with Gasteiger partial charge in [-0.2, -0.15) is 0 Å². The first kappa shape index (κ1) is 15.8. The van der Waals surface area contributed by atoms with E-state index in [9.17, 15) is 9.59 Å². The molecule has 3 aromatic rings. The molecule has 0 bridgehead atoms. The van der Waals surface area contributed by atoms with Crippen molar-refractivity contribution in [3.8, 4) is 0 Å². The zero-order valence-electron chi connectivity index (χ0n) is 12.5. The number of nitrogens with zero attached hydrogens (tertiary/aromatic N) is 3. The smallest absolute Gasteiger partial charge is 0.271 e. The first-order valence-electron chi connectivity index (χ1n) is 7.05. The van der Waals surface area contributed by atoms with E-state index in [0.29, 0.717) is 28.8 Å². The number of carbonyl (C=O) groups excluding carboxylic acids is 2. The fourth-order valence-electron chi connectivity index (χ4n) is 1.90. The zero-order chi connectivity index (χ0) is 16.8. The summed E-state index contributed by atoms with van der Waals surface area (Å²) in [5.74, 6) is 0.350. The van der Waals surface area contributed by atoms with Crippen LogP contribution in [0.15, 0.2) is 48.2 Å². The lowest BCUT2D eigenvalue weighted by molar-refractivity contribution is 0.0946. The molecule has 0 atom stereocenters. The number of rotatable bonds is 6. The van der Waals surface area contributed by atoms with Crippen molar-refractivity contribution in [3.05, 3.63) is 65.1 Å². The van der Waals surface area contributed by atoms with Crippen molar-refractivity contribution in [2.45, 2.75) is 6.54 Å². The maximum atomic E-state index is 12.1. The van der Waals surface area contributed by atoms with Crippen LogP contribution in [0.4, 0.5) is 10.9 Å². The van der Waals surface area contributed by atoms with E-state index >= 15 is 0 Å². The van der Waals surface area contributed by atoms with Gasteiger partial charge in [-0.1, -0.05) is 24.3 Å². The van der Waals surface area contributed by atoms with Gasteiger partial charge in [0.1, 0.15) is 24.1 Å². The van der Waals surface area contributed by atoms with Crippen molar-refractivity contribution in [1.82, 2.24) is 20.3 Å². The predicted octanol–water partition coefficient (Wildman–Crippen LogP) is 2.42. The van der Waals surface area contributed by atoms with Gasteiger partial charge in [0, 0.05) is 23.7 Å². The second-order valence-electron chi connectivity index (χ2n) is 4.80. The molecule has 0 aliphatic heterocycles. The fraction of sp³-hybridized carbons (Fsp3) is 0.0625. The van der Waals surface area contributed by atoms with Crippen molar-refractivity contribution in [3.63, 3.8) is 0 Å². The Morgan fingerprint density at radius 2 is 2.04 bits per heavy atom. The number of nitrogens with one attached hydrogen (secondary N) is 2. The van der Waals surface area contributed by atoms with E-state index < -0.39 is 0 Å². The van der Waals surface area contributed by atoms with Crippen LogP contribution >= 0.6 is 11.3 Å². The Balaban J connectivity index is 1.58. The lowest BCUT2D eigenvalue weighted by atomic mass is 10.1. The number of aldehydes is 1. The Labute approximate surface area is 141 Å². The average Bonchev–Trinajstić information content (AvgIpc) is 3.09. The van der Waals surface area contributed by atoms with E-state index in [1.54, 1.807) is 41.9 Å². The number of hydrogen-bond acceptors (Lipinski definition) is 7. The molecule has 2 heterocycles. The molecule has 0 fully saturated rings. The molecular weight excluding hydrogens is 326 g/mol. The number of benzene rings is 1. The van der Waals surface area contributed by atoms with E-state index in [2.05, 4.69) is 25.6 Å². The van der Waals surface area contributed by atoms with Crippen LogP contribution in [0.5, 0.6) is 0 Å². The summed E-state index contributed by atoms with van der Waals surface area (Å²) in [5, 5.41) is 8.06. The molecule has 120 valence electrons. The molecule has 0 aliphatic carbocycles. The molecule has 7 nitrogen and oxygen atoms in total. The predicted molar refractivity (Wildman–Crippen MR) is 90.4 cm³/mol. The van der Waals surface area contributed by atoms with Gasteiger partial charge < -0.3 is 10.6 Å². The lowest BCUT2D eigenvalue weighted by Gasteiger charge is -2.03. The molecule has 1 aromatic carbocycles. The normalized spacial score (nSPS) is 10.2. The molecule has 3 rings (SSSR count). The Hall–Kier alpha value is -3.13. The summed E-state index contributed by atoms with van der Waals surface area (Å²) in [7, 11) is 0. The Morgan fingerprint density at radius 1 is 1.21 bits per heavy atom. The summed E-state index contributed by atoms with van der Waals surface area (Å²) in [6.45, 7) is 0.365. The maximum Gasteiger partial charge on any atom is 0.271 e. The molecular formula is C16H13N5O2S. The number of amides is 1. The largest absolute Gasteiger partial charge is 0.347 e. The van der Waals surface area contributed by atoms with Gasteiger partial charge in [0.2, 0.25) is 0 Å². The average molecular weight is 339 g/mol. The highest BCUT2D eigenvalue weighted by atomic mass is 32.1. The molecule has 0 saturated carbocycles. The Kier molecular flexibility index (Phi) is 4.87. The van der Waals surface area contributed by atoms with Crippen molar-refractivity contribution < 1.29 is 9.59 Å². The van der Waals surface area contributed by atoms with Gasteiger partial charge in [-0.25, -0.2) is 15.0 Å². The highest BCUT2D eigenvalue weighted by Crippen LogP contribution is 2.19. The van der Waals surface area contributed by atoms with Gasteiger partial charge in [0.25, 0.3) is 5.91 Å². The van der Waals surface area contributed by atoms with Crippen molar-refractivity contribution in [2.75, 3.05) is 5.32 Å². The van der Waals surface area contributed by atoms with Crippen molar-refractivity contribution in [1.29, 1.82) is 0 Å². The number of anilines is 2. The number of hydrogen-bond donors (Lipinski definition) is 2. The Bertz CT molecular complexity index is 833. The highest BCUT2D eigenvalue weighted by molar-refractivity contribution is 7.14. The van der Waals surface area contributed by atoms with Crippen LogP contribution in [-0.4, -0.2) is 27.1 Å². The summed E-state index contributed by atoms with van der Waals surface area (Å²) in [4.78, 5) is 34.8. The van der Waals surface area contributed by atoms with Gasteiger partial charge >= 0.3 is 0 Å². The van der Waals surface area contributed by atoms with E-state index in [1.165, 1.54) is 17.7 Å². The van der Waals surface area contributed by atoms with Gasteiger partial charge in [0.05, 0.1) is 0 Å². The summed E-state index contributed by atoms with van der Waals surface area (Å²) in [6.07, 6.45) is 3.83. The van der Waals surface area contributed by atoms with Crippen molar-refractivity contribution in [2.24, 2.45) is 0 Å². The SMILES string of the molecule is O=Cc1ccc(CNC(=O)c2csc(Nc3ccncn3)n2)cc1. The third-order valence-electron chi connectivity index (χ3n) is 3.12. The molecule has 0 radical (unpaired) electrons. The van der Waals surface area contributed by atoms with Crippen LogP contribution in [0, 0.1) is 0 Å². The third-order valence-corrected chi connectivity index (χ3v) is 3.88. The fourth-order valence-corrected chi connectivity index (χ4v) is 2.59. The number of carbonyl (C=O) groups is 2. The van der Waals surface area contributed by atoms with Gasteiger partial charge in [0.15, 0.2) is 5.13 Å². The second-order valence-corrected chi connectivity index (χ2v) is 5.66. The summed E-state index contributed by atoms with van der Waals surface area (Å²) >= 11 is 1.32. The van der Waals surface area contributed by atoms with Crippen LogP contribution in [0.25, 0.3) is 0 Å². The summed E-state index contributed by atoms with van der Waals surface area (Å²) < 4.78 is 0. The zero-order valence-corrected chi connectivity index (χ0v) is 13.3. The van der Waals surface area contributed by atoms with Gasteiger partial charge in [-0.05, 0) is 11.6 Å². The van der Waals surface area contributed by atoms with Crippen molar-refractivity contribution >= 4 is 34.5 Å². The number of thiazole rings is 1. The first-order chi connectivity index (χ1) is 11.7. The molecule has 2 N–H and O–H groups in total. The monoisotopic (exact) mass is 339 g/mol. The topological polar surface area (TPSA) is 96.9 Å². The van der Waals surface area contributed by atoms with Crippen LogP contribution < -0.4 is 10.6 Å². The molecule has 0 spiro atoms. The highest BCUT2D eigenvalue weighted by Gasteiger charge is 2.11. The van der Waals surface area contributed by atoms with Crippen LogP contribution in [0.2, 0.25) is 0 Å². The Morgan fingerprint density at radius 3 is 2.75 bits per heavy atom. The number of aromatic nitrogens is 3. The minimum atomic E-state index is -0.263. The van der Waals surface area contributed by atoms with E-state index in [0.717, 1.165) is 11.8 Å². The molecule has 0 saturated heterocycles. The standard InChI is InChI=1S/C16H13N5O2S/c22-8-12-3-1-11(2-4-12)7-18-15(23)13-9-24-16(20-13)21-14-5-6-17-10-19-14/h1-6,8-10H,7H2,(H,18,23)(H,17,19,20,21). The van der Waals surface area contributed by atoms with Crippen LogP contribution in [0.3, 0.4) is 0 Å². The molecule has 2 aromatic heterocycles. The second kappa shape index (κ2) is 7.42. The molecule has 24 heavy (non-hydrogen) atoms.